The molecule has 1 rings (SSSR count). The van der Waals surface area contributed by atoms with Crippen LogP contribution in [0.2, 0.25) is 5.02 Å². The van der Waals surface area contributed by atoms with Crippen molar-refractivity contribution in [3.63, 3.8) is 0 Å². The zero-order chi connectivity index (χ0) is 12.1. The second-order valence-electron chi connectivity index (χ2n) is 3.63. The number of rotatable bonds is 5. The van der Waals surface area contributed by atoms with Gasteiger partial charge in [0.1, 0.15) is 5.75 Å². The standard InChI is InChI=1S/C11H17ClN2O2/c1-7-3-11(16-2)10(4-9(7)12)14-5-8(13)6-15/h3-4,8,14-15H,5-6,13H2,1-2H3. The molecule has 0 radical (unpaired) electrons. The van der Waals surface area contributed by atoms with Crippen molar-refractivity contribution in [1.82, 2.24) is 0 Å². The Labute approximate surface area is 100 Å². The van der Waals surface area contributed by atoms with Gasteiger partial charge in [0.2, 0.25) is 0 Å². The Kier molecular flexibility index (Phi) is 4.86. The summed E-state index contributed by atoms with van der Waals surface area (Å²) < 4.78 is 5.22. The van der Waals surface area contributed by atoms with Crippen LogP contribution in [-0.4, -0.2) is 31.4 Å². The van der Waals surface area contributed by atoms with Crippen LogP contribution in [0.5, 0.6) is 5.75 Å². The first-order chi connectivity index (χ1) is 7.58. The molecular formula is C11H17ClN2O2. The number of aliphatic hydroxyl groups is 1. The lowest BCUT2D eigenvalue weighted by molar-refractivity contribution is 0.270. The summed E-state index contributed by atoms with van der Waals surface area (Å²) in [5.74, 6) is 0.715. The first kappa shape index (κ1) is 13.1. The lowest BCUT2D eigenvalue weighted by atomic mass is 10.2. The summed E-state index contributed by atoms with van der Waals surface area (Å²) in [6, 6.07) is 3.35. The van der Waals surface area contributed by atoms with Crippen LogP contribution in [0.1, 0.15) is 5.56 Å². The Balaban J connectivity index is 2.81. The molecular weight excluding hydrogens is 228 g/mol. The molecule has 0 heterocycles. The van der Waals surface area contributed by atoms with Crippen molar-refractivity contribution in [3.8, 4) is 5.75 Å². The minimum absolute atomic E-state index is 0.0606. The normalized spacial score (nSPS) is 12.3. The fourth-order valence-corrected chi connectivity index (χ4v) is 1.43. The van der Waals surface area contributed by atoms with Gasteiger partial charge >= 0.3 is 0 Å². The van der Waals surface area contributed by atoms with E-state index in [9.17, 15) is 0 Å². The van der Waals surface area contributed by atoms with E-state index in [0.717, 1.165) is 11.3 Å². The van der Waals surface area contributed by atoms with Crippen LogP contribution < -0.4 is 15.8 Å². The highest BCUT2D eigenvalue weighted by molar-refractivity contribution is 6.31. The second-order valence-corrected chi connectivity index (χ2v) is 4.03. The average Bonchev–Trinajstić information content (AvgIpc) is 2.29. The topological polar surface area (TPSA) is 67.5 Å². The van der Waals surface area contributed by atoms with Crippen LogP contribution in [0.4, 0.5) is 5.69 Å². The number of nitrogens with one attached hydrogen (secondary N) is 1. The summed E-state index contributed by atoms with van der Waals surface area (Å²) in [6.45, 7) is 2.31. The summed E-state index contributed by atoms with van der Waals surface area (Å²) in [7, 11) is 1.60. The number of hydrogen-bond donors (Lipinski definition) is 3. The van der Waals surface area contributed by atoms with Crippen molar-refractivity contribution in [2.45, 2.75) is 13.0 Å². The maximum absolute atomic E-state index is 8.82. The van der Waals surface area contributed by atoms with Gasteiger partial charge in [0, 0.05) is 17.6 Å². The van der Waals surface area contributed by atoms with Gasteiger partial charge in [0.25, 0.3) is 0 Å². The van der Waals surface area contributed by atoms with Crippen molar-refractivity contribution in [3.05, 3.63) is 22.7 Å². The lowest BCUT2D eigenvalue weighted by Gasteiger charge is -2.15. The second kappa shape index (κ2) is 5.94. The zero-order valence-corrected chi connectivity index (χ0v) is 10.2. The Hall–Kier alpha value is -0.970. The Bertz CT molecular complexity index is 358. The van der Waals surface area contributed by atoms with Gasteiger partial charge in [-0.3, -0.25) is 0 Å². The summed E-state index contributed by atoms with van der Waals surface area (Å²) >= 11 is 6.02. The monoisotopic (exact) mass is 244 g/mol. The van der Waals surface area contributed by atoms with E-state index >= 15 is 0 Å². The molecule has 0 amide bonds. The van der Waals surface area contributed by atoms with Crippen LogP contribution in [-0.2, 0) is 0 Å². The fraction of sp³-hybridized carbons (Fsp3) is 0.455. The largest absolute Gasteiger partial charge is 0.495 e. The number of aliphatic hydroxyl groups excluding tert-OH is 1. The Morgan fingerprint density at radius 1 is 1.56 bits per heavy atom. The summed E-state index contributed by atoms with van der Waals surface area (Å²) in [4.78, 5) is 0. The molecule has 1 atom stereocenters. The first-order valence-corrected chi connectivity index (χ1v) is 5.40. The number of anilines is 1. The van der Waals surface area contributed by atoms with Gasteiger partial charge in [0.15, 0.2) is 0 Å². The number of halogens is 1. The molecule has 0 aliphatic heterocycles. The molecule has 0 saturated heterocycles. The number of hydrogen-bond acceptors (Lipinski definition) is 4. The number of methoxy groups -OCH3 is 1. The average molecular weight is 245 g/mol. The molecule has 1 unspecified atom stereocenters. The number of aryl methyl sites for hydroxylation is 1. The molecule has 4 nitrogen and oxygen atoms in total. The minimum atomic E-state index is -0.301. The summed E-state index contributed by atoms with van der Waals surface area (Å²) in [5, 5.41) is 12.6. The molecule has 0 aliphatic rings. The number of benzene rings is 1. The highest BCUT2D eigenvalue weighted by Gasteiger charge is 2.08. The Morgan fingerprint density at radius 3 is 2.81 bits per heavy atom. The van der Waals surface area contributed by atoms with E-state index < -0.39 is 0 Å². The predicted molar refractivity (Wildman–Crippen MR) is 66.3 cm³/mol. The molecule has 0 saturated carbocycles. The lowest BCUT2D eigenvalue weighted by Crippen LogP contribution is -2.32. The summed E-state index contributed by atoms with van der Waals surface area (Å²) in [6.07, 6.45) is 0. The molecule has 16 heavy (non-hydrogen) atoms. The molecule has 1 aromatic carbocycles. The van der Waals surface area contributed by atoms with Crippen LogP contribution in [0, 0.1) is 6.92 Å². The zero-order valence-electron chi connectivity index (χ0n) is 9.46. The molecule has 0 aromatic heterocycles. The third-order valence-corrected chi connectivity index (χ3v) is 2.68. The van der Waals surface area contributed by atoms with Gasteiger partial charge in [-0.2, -0.15) is 0 Å². The van der Waals surface area contributed by atoms with Gasteiger partial charge in [-0.25, -0.2) is 0 Å². The van der Waals surface area contributed by atoms with E-state index in [1.165, 1.54) is 0 Å². The van der Waals surface area contributed by atoms with Gasteiger partial charge in [-0.15, -0.1) is 0 Å². The molecule has 0 spiro atoms. The Morgan fingerprint density at radius 2 is 2.25 bits per heavy atom. The molecule has 90 valence electrons. The highest BCUT2D eigenvalue weighted by atomic mass is 35.5. The van der Waals surface area contributed by atoms with E-state index in [1.807, 2.05) is 13.0 Å². The van der Waals surface area contributed by atoms with Crippen molar-refractivity contribution in [2.75, 3.05) is 25.6 Å². The van der Waals surface area contributed by atoms with Crippen LogP contribution in [0.25, 0.3) is 0 Å². The highest BCUT2D eigenvalue weighted by Crippen LogP contribution is 2.30. The van der Waals surface area contributed by atoms with Crippen molar-refractivity contribution in [2.24, 2.45) is 5.73 Å². The maximum atomic E-state index is 8.82. The molecule has 1 aromatic rings. The third-order valence-electron chi connectivity index (χ3n) is 2.27. The van der Waals surface area contributed by atoms with E-state index in [2.05, 4.69) is 5.32 Å². The van der Waals surface area contributed by atoms with Gasteiger partial charge < -0.3 is 20.9 Å². The quantitative estimate of drug-likeness (QED) is 0.732. The van der Waals surface area contributed by atoms with Crippen molar-refractivity contribution in [1.29, 1.82) is 0 Å². The summed E-state index contributed by atoms with van der Waals surface area (Å²) in [5.41, 5.74) is 7.33. The molecule has 0 aliphatic carbocycles. The smallest absolute Gasteiger partial charge is 0.142 e. The van der Waals surface area contributed by atoms with Crippen LogP contribution in [0.15, 0.2) is 12.1 Å². The maximum Gasteiger partial charge on any atom is 0.142 e. The minimum Gasteiger partial charge on any atom is -0.495 e. The molecule has 0 fully saturated rings. The van der Waals surface area contributed by atoms with Crippen LogP contribution in [0.3, 0.4) is 0 Å². The number of nitrogens with two attached hydrogens (primary N) is 1. The van der Waals surface area contributed by atoms with E-state index in [-0.39, 0.29) is 12.6 Å². The SMILES string of the molecule is COc1cc(C)c(Cl)cc1NCC(N)CO. The van der Waals surface area contributed by atoms with E-state index in [4.69, 9.17) is 27.2 Å². The van der Waals surface area contributed by atoms with Crippen molar-refractivity contribution >= 4 is 17.3 Å². The molecule has 5 heteroatoms. The van der Waals surface area contributed by atoms with Gasteiger partial charge in [0.05, 0.1) is 19.4 Å². The van der Waals surface area contributed by atoms with Crippen LogP contribution >= 0.6 is 11.6 Å². The number of ether oxygens (including phenoxy) is 1. The fourth-order valence-electron chi connectivity index (χ4n) is 1.27. The van der Waals surface area contributed by atoms with E-state index in [1.54, 1.807) is 13.2 Å². The van der Waals surface area contributed by atoms with E-state index in [0.29, 0.717) is 17.3 Å². The van der Waals surface area contributed by atoms with Crippen molar-refractivity contribution < 1.29 is 9.84 Å². The molecule has 4 N–H and O–H groups in total. The predicted octanol–water partition coefficient (Wildman–Crippen LogP) is 1.39. The van der Waals surface area contributed by atoms with Gasteiger partial charge in [-0.05, 0) is 24.6 Å². The third kappa shape index (κ3) is 3.27. The first-order valence-electron chi connectivity index (χ1n) is 5.03. The van der Waals surface area contributed by atoms with Gasteiger partial charge in [-0.1, -0.05) is 11.6 Å². The molecule has 0 bridgehead atoms.